The fourth-order valence-electron chi connectivity index (χ4n) is 1.72. The molecule has 0 radical (unpaired) electrons. The fourth-order valence-corrected chi connectivity index (χ4v) is 2.46. The third kappa shape index (κ3) is 3.06. The van der Waals surface area contributed by atoms with Gasteiger partial charge in [0.25, 0.3) is 0 Å². The lowest BCUT2D eigenvalue weighted by molar-refractivity contribution is -0.140. The molecule has 0 saturated carbocycles. The Hall–Kier alpha value is -2.33. The van der Waals surface area contributed by atoms with Crippen molar-refractivity contribution in [3.63, 3.8) is 0 Å². The van der Waals surface area contributed by atoms with Crippen LogP contribution in [0, 0.1) is 17.1 Å². The number of thiophene rings is 1. The Morgan fingerprint density at radius 2 is 1.95 bits per heavy atom. The molecule has 2 aromatic rings. The highest BCUT2D eigenvalue weighted by Crippen LogP contribution is 2.34. The van der Waals surface area contributed by atoms with Gasteiger partial charge in [0, 0.05) is 4.88 Å². The lowest BCUT2D eigenvalue weighted by Gasteiger charge is -2.11. The van der Waals surface area contributed by atoms with Crippen LogP contribution in [-0.4, -0.2) is 0 Å². The van der Waals surface area contributed by atoms with Crippen LogP contribution in [0.1, 0.15) is 16.0 Å². The topological polar surface area (TPSA) is 49.8 Å². The lowest BCUT2D eigenvalue weighted by atomic mass is 10.0. The van der Waals surface area contributed by atoms with Gasteiger partial charge < -0.3 is 5.73 Å². The Morgan fingerprint density at radius 1 is 1.24 bits per heavy atom. The molecule has 0 unspecified atom stereocenters. The summed E-state index contributed by atoms with van der Waals surface area (Å²) in [7, 11) is 0. The summed E-state index contributed by atoms with van der Waals surface area (Å²) in [6, 6.07) is 7.60. The summed E-state index contributed by atoms with van der Waals surface area (Å²) in [5.74, 6) is -1.38. The molecule has 7 heteroatoms. The van der Waals surface area contributed by atoms with E-state index in [2.05, 4.69) is 0 Å². The van der Waals surface area contributed by atoms with Gasteiger partial charge in [-0.05, 0) is 35.2 Å². The minimum Gasteiger partial charge on any atom is -0.397 e. The first kappa shape index (κ1) is 15.1. The Bertz CT molecular complexity index is 724. The zero-order chi connectivity index (χ0) is 15.6. The van der Waals surface area contributed by atoms with E-state index in [0.29, 0.717) is 17.0 Å². The van der Waals surface area contributed by atoms with E-state index in [0.717, 1.165) is 6.07 Å². The van der Waals surface area contributed by atoms with Crippen molar-refractivity contribution in [2.24, 2.45) is 5.73 Å². The predicted molar refractivity (Wildman–Crippen MR) is 72.3 cm³/mol. The summed E-state index contributed by atoms with van der Waals surface area (Å²) in [5, 5.41) is 10.8. The number of halogens is 4. The van der Waals surface area contributed by atoms with Gasteiger partial charge in [-0.1, -0.05) is 6.07 Å². The van der Waals surface area contributed by atoms with Crippen molar-refractivity contribution in [2.75, 3.05) is 0 Å². The molecule has 1 heterocycles. The zero-order valence-corrected chi connectivity index (χ0v) is 11.2. The Morgan fingerprint density at radius 3 is 2.48 bits per heavy atom. The molecule has 21 heavy (non-hydrogen) atoms. The first-order valence-electron chi connectivity index (χ1n) is 5.65. The molecule has 0 amide bonds. The maximum atomic E-state index is 13.2. The fraction of sp³-hybridized carbons (Fsp3) is 0.0714. The zero-order valence-electron chi connectivity index (χ0n) is 10.4. The first-order chi connectivity index (χ1) is 9.84. The quantitative estimate of drug-likeness (QED) is 0.665. The number of allylic oxidation sites excluding steroid dienone is 1. The van der Waals surface area contributed by atoms with Crippen molar-refractivity contribution in [2.45, 2.75) is 6.18 Å². The van der Waals surface area contributed by atoms with Crippen LogP contribution in [0.5, 0.6) is 0 Å². The highest BCUT2D eigenvalue weighted by molar-refractivity contribution is 7.11. The van der Waals surface area contributed by atoms with Gasteiger partial charge in [0.2, 0.25) is 0 Å². The largest absolute Gasteiger partial charge is 0.419 e. The average molecular weight is 312 g/mol. The van der Waals surface area contributed by atoms with E-state index < -0.39 is 17.6 Å². The maximum Gasteiger partial charge on any atom is 0.419 e. The minimum atomic E-state index is -4.82. The molecule has 0 aliphatic carbocycles. The molecule has 0 spiro atoms. The van der Waals surface area contributed by atoms with Gasteiger partial charge in [-0.3, -0.25) is 0 Å². The molecule has 2 N–H and O–H groups in total. The smallest absolute Gasteiger partial charge is 0.397 e. The van der Waals surface area contributed by atoms with Gasteiger partial charge in [0.05, 0.1) is 16.8 Å². The summed E-state index contributed by atoms with van der Waals surface area (Å²) in [6.45, 7) is 0. The van der Waals surface area contributed by atoms with Gasteiger partial charge in [-0.25, -0.2) is 4.39 Å². The molecule has 0 aliphatic rings. The lowest BCUT2D eigenvalue weighted by Crippen LogP contribution is -2.10. The van der Waals surface area contributed by atoms with Crippen LogP contribution in [0.3, 0.4) is 0 Å². The average Bonchev–Trinajstić information content (AvgIpc) is 2.92. The molecule has 0 fully saturated rings. The molecule has 0 bridgehead atoms. The highest BCUT2D eigenvalue weighted by Gasteiger charge is 2.34. The van der Waals surface area contributed by atoms with Gasteiger partial charge in [-0.15, -0.1) is 11.3 Å². The number of alkyl halides is 3. The number of benzene rings is 1. The summed E-state index contributed by atoms with van der Waals surface area (Å²) in [5.41, 5.74) is 4.26. The molecular weight excluding hydrogens is 304 g/mol. The second-order valence-electron chi connectivity index (χ2n) is 4.07. The third-order valence-corrected chi connectivity index (χ3v) is 3.62. The second-order valence-corrected chi connectivity index (χ2v) is 5.02. The number of nitriles is 1. The van der Waals surface area contributed by atoms with E-state index in [4.69, 9.17) is 11.0 Å². The number of nitrogens with zero attached hydrogens (tertiary/aromatic N) is 1. The van der Waals surface area contributed by atoms with Crippen LogP contribution in [0.25, 0.3) is 11.3 Å². The van der Waals surface area contributed by atoms with Gasteiger partial charge in [-0.2, -0.15) is 18.4 Å². The number of nitrogens with two attached hydrogens (primary N) is 1. The van der Waals surface area contributed by atoms with Crippen molar-refractivity contribution in [3.8, 4) is 6.07 Å². The Balaban J connectivity index is 2.59. The van der Waals surface area contributed by atoms with E-state index in [-0.39, 0.29) is 16.8 Å². The molecular formula is C14H8F4N2S. The molecule has 1 aromatic carbocycles. The molecule has 2 nitrogen and oxygen atoms in total. The summed E-state index contributed by atoms with van der Waals surface area (Å²) < 4.78 is 51.3. The third-order valence-electron chi connectivity index (χ3n) is 2.73. The number of hydrogen-bond donors (Lipinski definition) is 1. The molecule has 0 saturated heterocycles. The Labute approximate surface area is 121 Å². The van der Waals surface area contributed by atoms with Crippen LogP contribution < -0.4 is 5.73 Å². The highest BCUT2D eigenvalue weighted by atomic mass is 32.1. The standard InChI is InChI=1S/C14H8F4N2S/c15-11-4-3-8(6-10(11)14(16,17)18)13(20)9(7-19)12-2-1-5-21-12/h1-6H,20H2/b13-9-. The molecule has 0 atom stereocenters. The van der Waals surface area contributed by atoms with Gasteiger partial charge in [0.15, 0.2) is 0 Å². The van der Waals surface area contributed by atoms with Crippen molar-refractivity contribution in [3.05, 3.63) is 57.5 Å². The van der Waals surface area contributed by atoms with Crippen LogP contribution in [0.2, 0.25) is 0 Å². The van der Waals surface area contributed by atoms with Crippen molar-refractivity contribution in [1.82, 2.24) is 0 Å². The second kappa shape index (κ2) is 5.58. The van der Waals surface area contributed by atoms with Crippen molar-refractivity contribution < 1.29 is 17.6 Å². The first-order valence-corrected chi connectivity index (χ1v) is 6.53. The number of rotatable bonds is 2. The van der Waals surface area contributed by atoms with E-state index in [1.165, 1.54) is 11.3 Å². The monoisotopic (exact) mass is 312 g/mol. The summed E-state index contributed by atoms with van der Waals surface area (Å²) in [6.07, 6.45) is -4.82. The minimum absolute atomic E-state index is 0.0475. The van der Waals surface area contributed by atoms with E-state index in [1.54, 1.807) is 17.5 Å². The summed E-state index contributed by atoms with van der Waals surface area (Å²) >= 11 is 1.23. The van der Waals surface area contributed by atoms with Crippen molar-refractivity contribution >= 4 is 22.6 Å². The molecule has 0 aliphatic heterocycles. The van der Waals surface area contributed by atoms with Crippen molar-refractivity contribution in [1.29, 1.82) is 5.26 Å². The van der Waals surface area contributed by atoms with E-state index in [9.17, 15) is 17.6 Å². The van der Waals surface area contributed by atoms with Crippen LogP contribution in [0.4, 0.5) is 17.6 Å². The normalized spacial score (nSPS) is 12.7. The van der Waals surface area contributed by atoms with Crippen LogP contribution in [0.15, 0.2) is 35.7 Å². The SMILES string of the molecule is N#C/C(=C(/N)c1ccc(F)c(C(F)(F)F)c1)c1cccs1. The van der Waals surface area contributed by atoms with Gasteiger partial charge in [0.1, 0.15) is 11.9 Å². The van der Waals surface area contributed by atoms with Gasteiger partial charge >= 0.3 is 6.18 Å². The van der Waals surface area contributed by atoms with Crippen LogP contribution in [-0.2, 0) is 6.18 Å². The van der Waals surface area contributed by atoms with E-state index >= 15 is 0 Å². The van der Waals surface area contributed by atoms with Crippen LogP contribution >= 0.6 is 11.3 Å². The molecule has 2 rings (SSSR count). The van der Waals surface area contributed by atoms with E-state index in [1.807, 2.05) is 6.07 Å². The Kier molecular flexibility index (Phi) is 4.00. The number of hydrogen-bond acceptors (Lipinski definition) is 3. The molecule has 1 aromatic heterocycles. The molecule has 108 valence electrons. The predicted octanol–water partition coefficient (Wildman–Crippen LogP) is 4.26. The maximum absolute atomic E-state index is 13.2. The summed E-state index contributed by atoms with van der Waals surface area (Å²) in [4.78, 5) is 0.535.